The predicted octanol–water partition coefficient (Wildman–Crippen LogP) is 5.52. The standard InChI is InChI=1S/C22H34BrFN2O3/c1-22(2,3)29-21(27)25-17-9-8-13-26(16-17)12-6-4-5-7-14-28-18-10-11-19(23)20(24)15-18/h10-11,15,17H,4-9,12-14,16H2,1-3H3,(H,25,27)/t17-/m0/s1. The molecule has 1 aromatic carbocycles. The van der Waals surface area contributed by atoms with Gasteiger partial charge in [0, 0.05) is 18.7 Å². The first-order valence-corrected chi connectivity index (χ1v) is 11.3. The molecule has 164 valence electrons. The summed E-state index contributed by atoms with van der Waals surface area (Å²) in [6.07, 6.45) is 6.09. The molecule has 0 bridgehead atoms. The van der Waals surface area contributed by atoms with Crippen LogP contribution in [0.3, 0.4) is 0 Å². The zero-order valence-electron chi connectivity index (χ0n) is 17.8. The molecule has 2 rings (SSSR count). The Kier molecular flexibility index (Phi) is 9.69. The number of carbonyl (C=O) groups is 1. The van der Waals surface area contributed by atoms with Crippen LogP contribution in [0, 0.1) is 5.82 Å². The molecule has 1 N–H and O–H groups in total. The molecule has 1 aliphatic rings. The van der Waals surface area contributed by atoms with Crippen LogP contribution in [0.25, 0.3) is 0 Å². The van der Waals surface area contributed by atoms with Crippen LogP contribution in [0.1, 0.15) is 59.3 Å². The first-order chi connectivity index (χ1) is 13.7. The minimum absolute atomic E-state index is 0.165. The van der Waals surface area contributed by atoms with Crippen molar-refractivity contribution in [3.05, 3.63) is 28.5 Å². The van der Waals surface area contributed by atoms with E-state index in [1.165, 1.54) is 6.07 Å². The van der Waals surface area contributed by atoms with Gasteiger partial charge in [-0.1, -0.05) is 12.8 Å². The average Bonchev–Trinajstić information content (AvgIpc) is 2.62. The van der Waals surface area contributed by atoms with Crippen molar-refractivity contribution in [1.29, 1.82) is 0 Å². The summed E-state index contributed by atoms with van der Waals surface area (Å²) in [6.45, 7) is 9.26. The second-order valence-electron chi connectivity index (χ2n) is 8.62. The number of unbranched alkanes of at least 4 members (excludes halogenated alkanes) is 3. The summed E-state index contributed by atoms with van der Waals surface area (Å²) in [5.41, 5.74) is -0.465. The predicted molar refractivity (Wildman–Crippen MR) is 117 cm³/mol. The summed E-state index contributed by atoms with van der Waals surface area (Å²) in [7, 11) is 0. The lowest BCUT2D eigenvalue weighted by molar-refractivity contribution is 0.0472. The molecule has 29 heavy (non-hydrogen) atoms. The maximum atomic E-state index is 13.4. The van der Waals surface area contributed by atoms with Gasteiger partial charge in [0.2, 0.25) is 0 Å². The van der Waals surface area contributed by atoms with E-state index in [1.54, 1.807) is 12.1 Å². The number of benzene rings is 1. The van der Waals surface area contributed by atoms with E-state index in [1.807, 2.05) is 20.8 Å². The van der Waals surface area contributed by atoms with Crippen molar-refractivity contribution < 1.29 is 18.7 Å². The fourth-order valence-electron chi connectivity index (χ4n) is 3.40. The number of rotatable bonds is 9. The number of halogens is 2. The molecule has 0 unspecified atom stereocenters. The number of piperidine rings is 1. The Morgan fingerprint density at radius 2 is 2.03 bits per heavy atom. The lowest BCUT2D eigenvalue weighted by atomic mass is 10.1. The third-order valence-electron chi connectivity index (χ3n) is 4.75. The van der Waals surface area contributed by atoms with Gasteiger partial charge in [0.1, 0.15) is 17.2 Å². The minimum atomic E-state index is -0.465. The number of alkyl carbamates (subject to hydrolysis) is 1. The largest absolute Gasteiger partial charge is 0.493 e. The van der Waals surface area contributed by atoms with Crippen molar-refractivity contribution in [2.45, 2.75) is 70.9 Å². The maximum Gasteiger partial charge on any atom is 0.407 e. The van der Waals surface area contributed by atoms with Gasteiger partial charge < -0.3 is 19.7 Å². The van der Waals surface area contributed by atoms with Crippen LogP contribution in [0.15, 0.2) is 22.7 Å². The molecule has 0 aromatic heterocycles. The molecule has 0 radical (unpaired) electrons. The first kappa shape index (κ1) is 23.9. The number of nitrogens with one attached hydrogen (secondary N) is 1. The Morgan fingerprint density at radius 3 is 2.76 bits per heavy atom. The molecular weight excluding hydrogens is 439 g/mol. The van der Waals surface area contributed by atoms with E-state index in [2.05, 4.69) is 26.1 Å². The maximum absolute atomic E-state index is 13.4. The second-order valence-corrected chi connectivity index (χ2v) is 9.48. The average molecular weight is 473 g/mol. The van der Waals surface area contributed by atoms with Gasteiger partial charge in [-0.05, 0) is 87.6 Å². The summed E-state index contributed by atoms with van der Waals surface area (Å²) in [6, 6.07) is 5.00. The van der Waals surface area contributed by atoms with Crippen molar-refractivity contribution >= 4 is 22.0 Å². The van der Waals surface area contributed by atoms with Gasteiger partial charge >= 0.3 is 6.09 Å². The van der Waals surface area contributed by atoms with Crippen LogP contribution in [0.2, 0.25) is 0 Å². The van der Waals surface area contributed by atoms with E-state index < -0.39 is 5.60 Å². The molecule has 0 aliphatic carbocycles. The highest BCUT2D eigenvalue weighted by molar-refractivity contribution is 9.10. The van der Waals surface area contributed by atoms with E-state index in [0.717, 1.165) is 58.2 Å². The number of hydrogen-bond donors (Lipinski definition) is 1. The molecule has 1 amide bonds. The van der Waals surface area contributed by atoms with E-state index >= 15 is 0 Å². The van der Waals surface area contributed by atoms with Crippen LogP contribution in [0.4, 0.5) is 9.18 Å². The Bertz CT molecular complexity index is 651. The van der Waals surface area contributed by atoms with Crippen molar-refractivity contribution in [2.24, 2.45) is 0 Å². The number of nitrogens with zero attached hydrogens (tertiary/aromatic N) is 1. The molecular formula is C22H34BrFN2O3. The molecule has 0 saturated carbocycles. The Balaban J connectivity index is 1.54. The number of ether oxygens (including phenoxy) is 2. The molecule has 1 heterocycles. The highest BCUT2D eigenvalue weighted by Crippen LogP contribution is 2.21. The summed E-state index contributed by atoms with van der Waals surface area (Å²) in [4.78, 5) is 14.4. The third kappa shape index (κ3) is 9.81. The van der Waals surface area contributed by atoms with Gasteiger partial charge in [0.25, 0.3) is 0 Å². The van der Waals surface area contributed by atoms with Gasteiger partial charge in [-0.2, -0.15) is 0 Å². The van der Waals surface area contributed by atoms with Gasteiger partial charge in [-0.15, -0.1) is 0 Å². The van der Waals surface area contributed by atoms with Crippen molar-refractivity contribution in [2.75, 3.05) is 26.2 Å². The Morgan fingerprint density at radius 1 is 1.28 bits per heavy atom. The molecule has 5 nitrogen and oxygen atoms in total. The smallest absolute Gasteiger partial charge is 0.407 e. The van der Waals surface area contributed by atoms with Crippen molar-refractivity contribution in [3.8, 4) is 5.75 Å². The Labute approximate surface area is 182 Å². The van der Waals surface area contributed by atoms with Crippen LogP contribution in [0.5, 0.6) is 5.75 Å². The third-order valence-corrected chi connectivity index (χ3v) is 5.40. The lowest BCUT2D eigenvalue weighted by Crippen LogP contribution is -2.49. The van der Waals surface area contributed by atoms with Crippen LogP contribution < -0.4 is 10.1 Å². The molecule has 1 atom stereocenters. The molecule has 1 aromatic rings. The van der Waals surface area contributed by atoms with E-state index in [-0.39, 0.29) is 18.0 Å². The minimum Gasteiger partial charge on any atom is -0.493 e. The van der Waals surface area contributed by atoms with Gasteiger partial charge in [-0.25, -0.2) is 9.18 Å². The second kappa shape index (κ2) is 11.7. The molecule has 0 spiro atoms. The lowest BCUT2D eigenvalue weighted by Gasteiger charge is -2.33. The first-order valence-electron chi connectivity index (χ1n) is 10.5. The number of amides is 1. The SMILES string of the molecule is CC(C)(C)OC(=O)N[C@H]1CCCN(CCCCCCOc2ccc(Br)c(F)c2)C1. The monoisotopic (exact) mass is 472 g/mol. The molecule has 1 saturated heterocycles. The molecule has 7 heteroatoms. The quantitative estimate of drug-likeness (QED) is 0.480. The van der Waals surface area contributed by atoms with E-state index in [4.69, 9.17) is 9.47 Å². The summed E-state index contributed by atoms with van der Waals surface area (Å²) in [5, 5.41) is 3.00. The number of carbonyl (C=O) groups excluding carboxylic acids is 1. The van der Waals surface area contributed by atoms with Gasteiger partial charge in [0.15, 0.2) is 0 Å². The summed E-state index contributed by atoms with van der Waals surface area (Å²) >= 11 is 3.14. The topological polar surface area (TPSA) is 50.8 Å². The van der Waals surface area contributed by atoms with Crippen LogP contribution in [-0.4, -0.2) is 48.9 Å². The number of likely N-dealkylation sites (tertiary alicyclic amines) is 1. The van der Waals surface area contributed by atoms with Gasteiger partial charge in [-0.3, -0.25) is 0 Å². The zero-order valence-corrected chi connectivity index (χ0v) is 19.4. The fraction of sp³-hybridized carbons (Fsp3) is 0.682. The highest BCUT2D eigenvalue weighted by atomic mass is 79.9. The zero-order chi connectivity index (χ0) is 21.3. The van der Waals surface area contributed by atoms with Crippen LogP contribution >= 0.6 is 15.9 Å². The normalized spacial score (nSPS) is 17.8. The van der Waals surface area contributed by atoms with Crippen LogP contribution in [-0.2, 0) is 4.74 Å². The van der Waals surface area contributed by atoms with Crippen molar-refractivity contribution in [1.82, 2.24) is 10.2 Å². The fourth-order valence-corrected chi connectivity index (χ4v) is 3.64. The van der Waals surface area contributed by atoms with Crippen molar-refractivity contribution in [3.63, 3.8) is 0 Å². The highest BCUT2D eigenvalue weighted by Gasteiger charge is 2.23. The summed E-state index contributed by atoms with van der Waals surface area (Å²) < 4.78 is 24.8. The summed E-state index contributed by atoms with van der Waals surface area (Å²) in [5.74, 6) is 0.269. The Hall–Kier alpha value is -1.34. The van der Waals surface area contributed by atoms with E-state index in [0.29, 0.717) is 16.8 Å². The molecule has 1 fully saturated rings. The van der Waals surface area contributed by atoms with E-state index in [9.17, 15) is 9.18 Å². The van der Waals surface area contributed by atoms with Gasteiger partial charge in [0.05, 0.1) is 11.1 Å². The number of hydrogen-bond acceptors (Lipinski definition) is 4. The molecule has 1 aliphatic heterocycles.